The third-order valence-corrected chi connectivity index (χ3v) is 1.33. The average Bonchev–Trinajstić information content (AvgIpc) is 1.87. The van der Waals surface area contributed by atoms with Gasteiger partial charge in [0.25, 0.3) is 0 Å². The summed E-state index contributed by atoms with van der Waals surface area (Å²) in [6.45, 7) is 11.6. The predicted molar refractivity (Wildman–Crippen MR) is 43.3 cm³/mol. The highest BCUT2D eigenvalue weighted by atomic mass is 14.0. The Labute approximate surface area is 57.6 Å². The molecule has 0 heteroatoms. The average molecular weight is 122 g/mol. The van der Waals surface area contributed by atoms with E-state index < -0.39 is 0 Å². The zero-order valence-corrected chi connectivity index (χ0v) is 6.22. The number of hydrogen-bond donors (Lipinski definition) is 0. The molecule has 0 fully saturated rings. The first-order chi connectivity index (χ1) is 4.22. The molecule has 9 heavy (non-hydrogen) atoms. The van der Waals surface area contributed by atoms with Crippen LogP contribution in [-0.4, -0.2) is 0 Å². The lowest BCUT2D eigenvalue weighted by atomic mass is 10.0. The Balaban J connectivity index is 3.87. The molecule has 0 aliphatic carbocycles. The van der Waals surface area contributed by atoms with Crippen molar-refractivity contribution in [1.82, 2.24) is 0 Å². The van der Waals surface area contributed by atoms with Crippen LogP contribution in [0.15, 0.2) is 37.0 Å². The summed E-state index contributed by atoms with van der Waals surface area (Å²) in [6.07, 6.45) is 5.92. The van der Waals surface area contributed by atoms with E-state index in [9.17, 15) is 0 Å². The Morgan fingerprint density at radius 3 is 2.44 bits per heavy atom. The topological polar surface area (TPSA) is 0 Å². The first kappa shape index (κ1) is 8.22. The summed E-state index contributed by atoms with van der Waals surface area (Å²) in [6, 6.07) is 0. The fourth-order valence-electron chi connectivity index (χ4n) is 0.598. The van der Waals surface area contributed by atoms with Crippen LogP contribution >= 0.6 is 0 Å². The smallest absolute Gasteiger partial charge is 0.00166 e. The first-order valence-corrected chi connectivity index (χ1v) is 3.16. The van der Waals surface area contributed by atoms with E-state index >= 15 is 0 Å². The van der Waals surface area contributed by atoms with E-state index in [1.54, 1.807) is 6.08 Å². The maximum absolute atomic E-state index is 3.82. The van der Waals surface area contributed by atoms with Crippen LogP contribution in [0.5, 0.6) is 0 Å². The molecule has 0 radical (unpaired) electrons. The highest BCUT2D eigenvalue weighted by Gasteiger charge is 1.94. The van der Waals surface area contributed by atoms with Gasteiger partial charge in [0.15, 0.2) is 0 Å². The summed E-state index contributed by atoms with van der Waals surface area (Å²) in [5.41, 5.74) is 1.08. The Bertz CT molecular complexity index is 129. The van der Waals surface area contributed by atoms with Crippen LogP contribution in [0.3, 0.4) is 0 Å². The van der Waals surface area contributed by atoms with Crippen LogP contribution in [0, 0.1) is 5.92 Å². The van der Waals surface area contributed by atoms with Gasteiger partial charge in [-0.05, 0) is 18.4 Å². The van der Waals surface area contributed by atoms with E-state index in [2.05, 4.69) is 26.2 Å². The summed E-state index contributed by atoms with van der Waals surface area (Å²) in [7, 11) is 0. The summed E-state index contributed by atoms with van der Waals surface area (Å²) in [4.78, 5) is 0. The lowest BCUT2D eigenvalue weighted by Gasteiger charge is -2.02. The molecule has 0 aliphatic rings. The second kappa shape index (κ2) is 4.13. The molecular weight excluding hydrogens is 108 g/mol. The molecule has 0 bridgehead atoms. The molecule has 1 atom stereocenters. The van der Waals surface area contributed by atoms with E-state index in [4.69, 9.17) is 0 Å². The fraction of sp³-hybridized carbons (Fsp3) is 0.333. The van der Waals surface area contributed by atoms with Gasteiger partial charge in [0.05, 0.1) is 0 Å². The van der Waals surface area contributed by atoms with Crippen molar-refractivity contribution >= 4 is 0 Å². The second-order valence-corrected chi connectivity index (χ2v) is 2.09. The van der Waals surface area contributed by atoms with E-state index in [1.165, 1.54) is 0 Å². The molecule has 0 N–H and O–H groups in total. The van der Waals surface area contributed by atoms with Gasteiger partial charge in [0.2, 0.25) is 0 Å². The van der Waals surface area contributed by atoms with Gasteiger partial charge >= 0.3 is 0 Å². The maximum atomic E-state index is 3.82. The van der Waals surface area contributed by atoms with E-state index in [1.807, 2.05) is 13.0 Å². The Morgan fingerprint density at radius 2 is 2.11 bits per heavy atom. The molecular formula is C9H14. The van der Waals surface area contributed by atoms with Crippen LogP contribution in [0.1, 0.15) is 13.8 Å². The Kier molecular flexibility index (Phi) is 3.78. The van der Waals surface area contributed by atoms with Crippen molar-refractivity contribution in [2.45, 2.75) is 13.8 Å². The van der Waals surface area contributed by atoms with Crippen molar-refractivity contribution in [3.8, 4) is 0 Å². The fourth-order valence-corrected chi connectivity index (χ4v) is 0.598. The molecule has 0 saturated carbocycles. The SMILES string of the molecule is C=CC(=C)C(C)C=CC. The number of rotatable bonds is 3. The normalized spacial score (nSPS) is 13.6. The molecule has 0 aromatic carbocycles. The molecule has 0 aromatic rings. The van der Waals surface area contributed by atoms with Crippen LogP contribution in [0.2, 0.25) is 0 Å². The minimum atomic E-state index is 0.437. The molecule has 0 saturated heterocycles. The van der Waals surface area contributed by atoms with Gasteiger partial charge in [-0.15, -0.1) is 0 Å². The van der Waals surface area contributed by atoms with Crippen LogP contribution in [0.4, 0.5) is 0 Å². The maximum Gasteiger partial charge on any atom is -0.00166 e. The zero-order chi connectivity index (χ0) is 7.28. The van der Waals surface area contributed by atoms with E-state index in [0.29, 0.717) is 5.92 Å². The Morgan fingerprint density at radius 1 is 1.56 bits per heavy atom. The molecule has 0 spiro atoms. The molecule has 0 aliphatic heterocycles. The second-order valence-electron chi connectivity index (χ2n) is 2.09. The summed E-state index contributed by atoms with van der Waals surface area (Å²) in [5.74, 6) is 0.437. The molecule has 1 unspecified atom stereocenters. The van der Waals surface area contributed by atoms with Crippen molar-refractivity contribution in [3.63, 3.8) is 0 Å². The van der Waals surface area contributed by atoms with Gasteiger partial charge in [0, 0.05) is 0 Å². The predicted octanol–water partition coefficient (Wildman–Crippen LogP) is 2.94. The van der Waals surface area contributed by atoms with Gasteiger partial charge in [-0.2, -0.15) is 0 Å². The lowest BCUT2D eigenvalue weighted by molar-refractivity contribution is 0.895. The third-order valence-electron chi connectivity index (χ3n) is 1.33. The molecule has 0 aromatic heterocycles. The lowest BCUT2D eigenvalue weighted by Crippen LogP contribution is -1.88. The molecule has 0 amide bonds. The minimum absolute atomic E-state index is 0.437. The van der Waals surface area contributed by atoms with Crippen molar-refractivity contribution < 1.29 is 0 Å². The third kappa shape index (κ3) is 2.91. The van der Waals surface area contributed by atoms with Gasteiger partial charge in [-0.1, -0.05) is 38.3 Å². The van der Waals surface area contributed by atoms with Crippen molar-refractivity contribution in [2.24, 2.45) is 5.92 Å². The summed E-state index contributed by atoms with van der Waals surface area (Å²) >= 11 is 0. The van der Waals surface area contributed by atoms with Gasteiger partial charge < -0.3 is 0 Å². The molecule has 0 rings (SSSR count). The van der Waals surface area contributed by atoms with Crippen molar-refractivity contribution in [1.29, 1.82) is 0 Å². The number of hydrogen-bond acceptors (Lipinski definition) is 0. The molecule has 0 heterocycles. The minimum Gasteiger partial charge on any atom is -0.0988 e. The zero-order valence-electron chi connectivity index (χ0n) is 6.22. The highest BCUT2D eigenvalue weighted by molar-refractivity contribution is 5.18. The largest absolute Gasteiger partial charge is 0.0988 e. The van der Waals surface area contributed by atoms with Crippen molar-refractivity contribution in [2.75, 3.05) is 0 Å². The van der Waals surface area contributed by atoms with Crippen LogP contribution in [0.25, 0.3) is 0 Å². The Hall–Kier alpha value is -0.780. The highest BCUT2D eigenvalue weighted by Crippen LogP contribution is 2.09. The molecule has 50 valence electrons. The quantitative estimate of drug-likeness (QED) is 0.399. The number of allylic oxidation sites excluding steroid dienone is 4. The van der Waals surface area contributed by atoms with Gasteiger partial charge in [0.1, 0.15) is 0 Å². The van der Waals surface area contributed by atoms with E-state index in [0.717, 1.165) is 5.57 Å². The van der Waals surface area contributed by atoms with Gasteiger partial charge in [-0.3, -0.25) is 0 Å². The van der Waals surface area contributed by atoms with Gasteiger partial charge in [-0.25, -0.2) is 0 Å². The van der Waals surface area contributed by atoms with E-state index in [-0.39, 0.29) is 0 Å². The van der Waals surface area contributed by atoms with Crippen LogP contribution < -0.4 is 0 Å². The first-order valence-electron chi connectivity index (χ1n) is 3.16. The van der Waals surface area contributed by atoms with Crippen molar-refractivity contribution in [3.05, 3.63) is 37.0 Å². The standard InChI is InChI=1S/C9H14/c1-5-7-9(4)8(3)6-2/h5-7,9H,2-3H2,1,4H3. The monoisotopic (exact) mass is 122 g/mol. The molecule has 0 nitrogen and oxygen atoms in total. The summed E-state index contributed by atoms with van der Waals surface area (Å²) < 4.78 is 0. The summed E-state index contributed by atoms with van der Waals surface area (Å²) in [5, 5.41) is 0. The van der Waals surface area contributed by atoms with Crippen LogP contribution in [-0.2, 0) is 0 Å².